The normalized spacial score (nSPS) is 10.8. The van der Waals surface area contributed by atoms with Gasteiger partial charge in [-0.25, -0.2) is 8.42 Å². The van der Waals surface area contributed by atoms with Gasteiger partial charge in [-0.1, -0.05) is 29.8 Å². The summed E-state index contributed by atoms with van der Waals surface area (Å²) in [4.78, 5) is 24.3. The van der Waals surface area contributed by atoms with Gasteiger partial charge in [0.05, 0.1) is 7.11 Å². The fourth-order valence-electron chi connectivity index (χ4n) is 2.95. The van der Waals surface area contributed by atoms with E-state index < -0.39 is 21.8 Å². The maximum Gasteiger partial charge on any atom is 0.276 e. The zero-order chi connectivity index (χ0) is 24.7. The van der Waals surface area contributed by atoms with Crippen molar-refractivity contribution in [3.8, 4) is 11.5 Å². The predicted molar refractivity (Wildman–Crippen MR) is 127 cm³/mol. The van der Waals surface area contributed by atoms with Gasteiger partial charge in [0.15, 0.2) is 6.61 Å². The number of aryl methyl sites for hydroxylation is 2. The lowest BCUT2D eigenvalue weighted by Gasteiger charge is -2.14. The van der Waals surface area contributed by atoms with Crippen LogP contribution in [0.15, 0.2) is 71.6 Å². The van der Waals surface area contributed by atoms with Crippen molar-refractivity contribution in [2.75, 3.05) is 18.4 Å². The zero-order valence-corrected chi connectivity index (χ0v) is 19.7. The van der Waals surface area contributed by atoms with Gasteiger partial charge in [0.2, 0.25) is 0 Å². The summed E-state index contributed by atoms with van der Waals surface area (Å²) in [6, 6.07) is 17.9. The van der Waals surface area contributed by atoms with Crippen molar-refractivity contribution in [2.24, 2.45) is 0 Å². The van der Waals surface area contributed by atoms with Gasteiger partial charge >= 0.3 is 0 Å². The van der Waals surface area contributed by atoms with Crippen LogP contribution in [0.1, 0.15) is 21.5 Å². The number of rotatable bonds is 8. The Hall–Kier alpha value is -4.05. The quantitative estimate of drug-likeness (QED) is 0.424. The molecule has 0 unspecified atom stereocenters. The molecule has 0 saturated heterocycles. The molecule has 0 saturated carbocycles. The minimum atomic E-state index is -4.06. The Bertz CT molecular complexity index is 1290. The van der Waals surface area contributed by atoms with Gasteiger partial charge in [-0.3, -0.25) is 25.2 Å². The number of amides is 2. The number of nitrogens with one attached hydrogen (secondary N) is 3. The van der Waals surface area contributed by atoms with Crippen molar-refractivity contribution in [1.29, 1.82) is 0 Å². The summed E-state index contributed by atoms with van der Waals surface area (Å²) in [6.07, 6.45) is 0. The summed E-state index contributed by atoms with van der Waals surface area (Å²) < 4.78 is 38.9. The first-order chi connectivity index (χ1) is 16.2. The third-order valence-electron chi connectivity index (χ3n) is 4.69. The molecule has 0 fully saturated rings. The molecule has 10 heteroatoms. The first kappa shape index (κ1) is 24.6. The van der Waals surface area contributed by atoms with E-state index in [0.717, 1.165) is 11.1 Å². The number of anilines is 1. The second kappa shape index (κ2) is 10.7. The van der Waals surface area contributed by atoms with Crippen LogP contribution in [0.25, 0.3) is 0 Å². The second-order valence-corrected chi connectivity index (χ2v) is 9.10. The van der Waals surface area contributed by atoms with Gasteiger partial charge in [-0.2, -0.15) is 0 Å². The highest BCUT2D eigenvalue weighted by Crippen LogP contribution is 2.27. The molecule has 0 heterocycles. The van der Waals surface area contributed by atoms with Crippen molar-refractivity contribution >= 4 is 27.5 Å². The Labute approximate surface area is 198 Å². The fourth-order valence-corrected chi connectivity index (χ4v) is 4.20. The van der Waals surface area contributed by atoms with Crippen LogP contribution >= 0.6 is 0 Å². The number of hydrogen-bond acceptors (Lipinski definition) is 6. The Kier molecular flexibility index (Phi) is 7.75. The topological polar surface area (TPSA) is 123 Å². The molecule has 34 heavy (non-hydrogen) atoms. The lowest BCUT2D eigenvalue weighted by atomic mass is 10.2. The molecule has 3 aromatic carbocycles. The van der Waals surface area contributed by atoms with E-state index in [0.29, 0.717) is 11.4 Å². The minimum absolute atomic E-state index is 0.00461. The first-order valence-corrected chi connectivity index (χ1v) is 11.7. The number of carbonyl (C=O) groups is 2. The van der Waals surface area contributed by atoms with Crippen molar-refractivity contribution in [2.45, 2.75) is 18.7 Å². The van der Waals surface area contributed by atoms with Crippen LogP contribution in [-0.4, -0.2) is 33.9 Å². The smallest absolute Gasteiger partial charge is 0.276 e. The molecule has 0 bridgehead atoms. The Balaban J connectivity index is 1.67. The predicted octanol–water partition coefficient (Wildman–Crippen LogP) is 2.95. The van der Waals surface area contributed by atoms with E-state index in [1.807, 2.05) is 19.9 Å². The molecule has 178 valence electrons. The van der Waals surface area contributed by atoms with Crippen molar-refractivity contribution in [3.63, 3.8) is 0 Å². The van der Waals surface area contributed by atoms with E-state index in [2.05, 4.69) is 15.6 Å². The highest BCUT2D eigenvalue weighted by atomic mass is 32.2. The van der Waals surface area contributed by atoms with E-state index >= 15 is 0 Å². The second-order valence-electron chi connectivity index (χ2n) is 7.44. The maximum absolute atomic E-state index is 12.9. The van der Waals surface area contributed by atoms with Gasteiger partial charge in [0.1, 0.15) is 16.4 Å². The monoisotopic (exact) mass is 483 g/mol. The summed E-state index contributed by atoms with van der Waals surface area (Å²) in [5.41, 5.74) is 6.81. The standard InChI is InChI=1S/C24H25N3O6S/c1-16-7-10-19(11-8-16)27-34(30,31)22-14-18(9-12-21(22)32-3)24(29)26-25-23(28)15-33-20-6-4-5-17(2)13-20/h4-14,27H,15H2,1-3H3,(H,25,28)(H,26,29). The average molecular weight is 484 g/mol. The Morgan fingerprint density at radius 1 is 0.882 bits per heavy atom. The van der Waals surface area contributed by atoms with E-state index in [1.54, 1.807) is 42.5 Å². The van der Waals surface area contributed by atoms with E-state index in [1.165, 1.54) is 25.3 Å². The lowest BCUT2D eigenvalue weighted by molar-refractivity contribution is -0.123. The number of methoxy groups -OCH3 is 1. The van der Waals surface area contributed by atoms with Crippen LogP contribution in [-0.2, 0) is 14.8 Å². The van der Waals surface area contributed by atoms with E-state index in [-0.39, 0.29) is 22.8 Å². The molecule has 0 spiro atoms. The molecular formula is C24H25N3O6S. The van der Waals surface area contributed by atoms with Crippen LogP contribution in [0.2, 0.25) is 0 Å². The number of carbonyl (C=O) groups excluding carboxylic acids is 2. The molecule has 3 aromatic rings. The number of sulfonamides is 1. The zero-order valence-electron chi connectivity index (χ0n) is 18.9. The highest BCUT2D eigenvalue weighted by molar-refractivity contribution is 7.92. The van der Waals surface area contributed by atoms with Crippen LogP contribution < -0.4 is 25.0 Å². The highest BCUT2D eigenvalue weighted by Gasteiger charge is 2.22. The Morgan fingerprint density at radius 3 is 2.29 bits per heavy atom. The van der Waals surface area contributed by atoms with E-state index in [9.17, 15) is 18.0 Å². The molecule has 0 atom stereocenters. The lowest BCUT2D eigenvalue weighted by Crippen LogP contribution is -2.43. The van der Waals surface area contributed by atoms with Crippen molar-refractivity contribution in [3.05, 3.63) is 83.4 Å². The summed E-state index contributed by atoms with van der Waals surface area (Å²) in [6.45, 7) is 3.47. The summed E-state index contributed by atoms with van der Waals surface area (Å²) >= 11 is 0. The first-order valence-electron chi connectivity index (χ1n) is 10.2. The summed E-state index contributed by atoms with van der Waals surface area (Å²) in [5.74, 6) is -0.713. The van der Waals surface area contributed by atoms with Gasteiger partial charge in [0, 0.05) is 11.3 Å². The van der Waals surface area contributed by atoms with Crippen LogP contribution in [0.5, 0.6) is 11.5 Å². The SMILES string of the molecule is COc1ccc(C(=O)NNC(=O)COc2cccc(C)c2)cc1S(=O)(=O)Nc1ccc(C)cc1. The molecule has 3 rings (SSSR count). The molecular weight excluding hydrogens is 458 g/mol. The molecule has 0 aromatic heterocycles. The average Bonchev–Trinajstić information content (AvgIpc) is 2.82. The van der Waals surface area contributed by atoms with Crippen LogP contribution in [0.4, 0.5) is 5.69 Å². The number of benzene rings is 3. The third kappa shape index (κ3) is 6.48. The van der Waals surface area contributed by atoms with Crippen LogP contribution in [0.3, 0.4) is 0 Å². The fraction of sp³-hybridized carbons (Fsp3) is 0.167. The third-order valence-corrected chi connectivity index (χ3v) is 6.10. The molecule has 0 aliphatic heterocycles. The van der Waals surface area contributed by atoms with Crippen LogP contribution in [0, 0.1) is 13.8 Å². The van der Waals surface area contributed by atoms with Gasteiger partial charge in [0.25, 0.3) is 21.8 Å². The molecule has 9 nitrogen and oxygen atoms in total. The molecule has 0 aliphatic rings. The molecule has 0 aliphatic carbocycles. The van der Waals surface area contributed by atoms with Crippen molar-refractivity contribution < 1.29 is 27.5 Å². The molecule has 0 radical (unpaired) electrons. The molecule has 2 amide bonds. The Morgan fingerprint density at radius 2 is 1.62 bits per heavy atom. The minimum Gasteiger partial charge on any atom is -0.495 e. The van der Waals surface area contributed by atoms with Gasteiger partial charge in [-0.05, 0) is 61.9 Å². The number of hydrazine groups is 1. The van der Waals surface area contributed by atoms with Gasteiger partial charge in [-0.15, -0.1) is 0 Å². The summed E-state index contributed by atoms with van der Waals surface area (Å²) in [7, 11) is -2.73. The number of hydrogen-bond donors (Lipinski definition) is 3. The summed E-state index contributed by atoms with van der Waals surface area (Å²) in [5, 5.41) is 0. The largest absolute Gasteiger partial charge is 0.495 e. The molecule has 3 N–H and O–H groups in total. The van der Waals surface area contributed by atoms with E-state index in [4.69, 9.17) is 9.47 Å². The van der Waals surface area contributed by atoms with Gasteiger partial charge < -0.3 is 9.47 Å². The maximum atomic E-state index is 12.9. The van der Waals surface area contributed by atoms with Crippen molar-refractivity contribution in [1.82, 2.24) is 10.9 Å². The number of ether oxygens (including phenoxy) is 2.